The smallest absolute Gasteiger partial charge is 0.247 e. The number of nitrogens with one attached hydrogen (secondary N) is 2. The van der Waals surface area contributed by atoms with Gasteiger partial charge >= 0.3 is 0 Å². The van der Waals surface area contributed by atoms with Gasteiger partial charge in [0.15, 0.2) is 5.82 Å². The number of halogens is 2. The van der Waals surface area contributed by atoms with Crippen LogP contribution >= 0.6 is 34.2 Å². The molecular formula is C18H22ClIN6. The minimum atomic E-state index is 0.278. The van der Waals surface area contributed by atoms with Crippen molar-refractivity contribution in [3.05, 3.63) is 46.4 Å². The van der Waals surface area contributed by atoms with Crippen LogP contribution in [0.5, 0.6) is 0 Å². The Balaban J connectivity index is 0.00000117. The highest BCUT2D eigenvalue weighted by atomic mass is 127. The maximum Gasteiger partial charge on any atom is 0.247 e. The van der Waals surface area contributed by atoms with E-state index in [1.54, 1.807) is 0 Å². The van der Waals surface area contributed by atoms with E-state index < -0.39 is 0 Å². The Kier molecular flexibility index (Phi) is 7.33. The van der Waals surface area contributed by atoms with Gasteiger partial charge < -0.3 is 5.32 Å². The summed E-state index contributed by atoms with van der Waals surface area (Å²) in [6.07, 6.45) is 0. The number of aromatic amines is 1. The lowest BCUT2D eigenvalue weighted by atomic mass is 10.2. The monoisotopic (exact) mass is 484 g/mol. The van der Waals surface area contributed by atoms with Crippen LogP contribution in [0.3, 0.4) is 0 Å². The van der Waals surface area contributed by atoms with Crippen LogP contribution in [-0.2, 0) is 0 Å². The van der Waals surface area contributed by atoms with Crippen molar-refractivity contribution in [2.75, 3.05) is 10.2 Å². The minimum absolute atomic E-state index is 0.278. The van der Waals surface area contributed by atoms with Crippen LogP contribution < -0.4 is 5.32 Å². The second-order valence-corrected chi connectivity index (χ2v) is 6.32. The summed E-state index contributed by atoms with van der Waals surface area (Å²) in [5, 5.41) is 10.9. The number of hydrogen-bond donors (Lipinski definition) is 2. The third-order valence-electron chi connectivity index (χ3n) is 3.78. The van der Waals surface area contributed by atoms with E-state index in [-0.39, 0.29) is 5.92 Å². The van der Waals surface area contributed by atoms with Gasteiger partial charge in [-0.25, -0.2) is 9.97 Å². The Hall–Kier alpha value is -1.74. The zero-order valence-electron chi connectivity index (χ0n) is 15.4. The summed E-state index contributed by atoms with van der Waals surface area (Å²) in [6.45, 7) is 8.02. The van der Waals surface area contributed by atoms with E-state index in [1.807, 2.05) is 43.0 Å². The second-order valence-electron chi connectivity index (χ2n) is 5.91. The molecule has 8 heteroatoms. The summed E-state index contributed by atoms with van der Waals surface area (Å²) in [6, 6.07) is 7.52. The normalized spacial score (nSPS) is 10.5. The van der Waals surface area contributed by atoms with Crippen LogP contribution in [0.4, 0.5) is 11.8 Å². The van der Waals surface area contributed by atoms with Crippen LogP contribution in [0.25, 0.3) is 11.4 Å². The highest BCUT2D eigenvalue weighted by Gasteiger charge is 2.14. The van der Waals surface area contributed by atoms with Gasteiger partial charge in [0.2, 0.25) is 5.95 Å². The summed E-state index contributed by atoms with van der Waals surface area (Å²) < 4.78 is 0. The molecule has 0 unspecified atom stereocenters. The molecule has 0 aliphatic heterocycles. The van der Waals surface area contributed by atoms with E-state index >= 15 is 0 Å². The fourth-order valence-electron chi connectivity index (χ4n) is 2.21. The van der Waals surface area contributed by atoms with Crippen LogP contribution in [0.1, 0.15) is 36.8 Å². The van der Waals surface area contributed by atoms with Crippen LogP contribution in [0.15, 0.2) is 24.3 Å². The van der Waals surface area contributed by atoms with Crippen LogP contribution in [-0.4, -0.2) is 30.1 Å². The molecule has 2 heterocycles. The molecule has 3 rings (SSSR count). The van der Waals surface area contributed by atoms with Crippen LogP contribution in [0.2, 0.25) is 5.02 Å². The molecule has 0 fully saturated rings. The first-order valence-corrected chi connectivity index (χ1v) is 10.7. The average molecular weight is 485 g/mol. The van der Waals surface area contributed by atoms with Gasteiger partial charge in [-0.1, -0.05) is 60.2 Å². The molecule has 138 valence electrons. The Morgan fingerprint density at radius 1 is 1.08 bits per heavy atom. The van der Waals surface area contributed by atoms with Gasteiger partial charge in [0, 0.05) is 22.7 Å². The Bertz CT molecular complexity index is 878. The fraction of sp³-hybridized carbons (Fsp3) is 0.333. The van der Waals surface area contributed by atoms with E-state index in [1.165, 1.54) is 0 Å². The summed E-state index contributed by atoms with van der Waals surface area (Å²) in [5.74, 6) is 2.84. The molecule has 0 spiro atoms. The largest absolute Gasteiger partial charge is 0.307 e. The van der Waals surface area contributed by atoms with Gasteiger partial charge in [0.25, 0.3) is 0 Å². The highest BCUT2D eigenvalue weighted by molar-refractivity contribution is 14.1. The van der Waals surface area contributed by atoms with Crippen molar-refractivity contribution in [1.82, 2.24) is 25.1 Å². The quantitative estimate of drug-likeness (QED) is 0.380. The number of nitrogens with zero attached hydrogens (tertiary/aromatic N) is 4. The van der Waals surface area contributed by atoms with Gasteiger partial charge in [-0.15, -0.1) is 5.10 Å². The molecule has 0 aliphatic rings. The Morgan fingerprint density at radius 3 is 2.38 bits per heavy atom. The highest BCUT2D eigenvalue weighted by Crippen LogP contribution is 2.28. The van der Waals surface area contributed by atoms with E-state index in [2.05, 4.69) is 66.9 Å². The molecule has 0 amide bonds. The van der Waals surface area contributed by atoms with Crippen LogP contribution in [0, 0.1) is 13.8 Å². The number of H-pyrrole nitrogens is 1. The molecule has 26 heavy (non-hydrogen) atoms. The number of hydrogen-bond acceptors (Lipinski definition) is 5. The van der Waals surface area contributed by atoms with Crippen molar-refractivity contribution in [1.29, 1.82) is 0 Å². The van der Waals surface area contributed by atoms with Crippen molar-refractivity contribution < 1.29 is 0 Å². The fourth-order valence-corrected chi connectivity index (χ4v) is 2.43. The predicted octanol–water partition coefficient (Wildman–Crippen LogP) is 5.45. The first kappa shape index (κ1) is 20.6. The third-order valence-corrected chi connectivity index (χ3v) is 4.11. The zero-order valence-corrected chi connectivity index (χ0v) is 18.3. The molecule has 2 N–H and O–H groups in total. The van der Waals surface area contributed by atoms with Gasteiger partial charge in [-0.05, 0) is 30.9 Å². The number of alkyl halides is 1. The SMILES string of the molecule is CI.Cc1nc(-c2ccccc2Cl)nc(Nc2n[nH]c(C(C)C)n2)c1C. The first-order chi connectivity index (χ1) is 12.5. The Morgan fingerprint density at radius 2 is 1.77 bits per heavy atom. The van der Waals surface area contributed by atoms with Crippen molar-refractivity contribution in [2.24, 2.45) is 0 Å². The van der Waals surface area contributed by atoms with Gasteiger partial charge in [0.05, 0.1) is 5.02 Å². The molecule has 0 aliphatic carbocycles. The number of aromatic nitrogens is 5. The minimum Gasteiger partial charge on any atom is -0.307 e. The summed E-state index contributed by atoms with van der Waals surface area (Å²) in [4.78, 5) is 15.6. The van der Waals surface area contributed by atoms with Crippen molar-refractivity contribution >= 4 is 46.0 Å². The Labute approximate surface area is 172 Å². The maximum atomic E-state index is 6.27. The van der Waals surface area contributed by atoms with E-state index in [0.717, 1.165) is 22.6 Å². The first-order valence-electron chi connectivity index (χ1n) is 8.13. The molecule has 0 radical (unpaired) electrons. The molecule has 0 atom stereocenters. The molecule has 3 aromatic rings. The van der Waals surface area contributed by atoms with E-state index in [4.69, 9.17) is 11.6 Å². The molecule has 0 saturated carbocycles. The number of aryl methyl sites for hydroxylation is 1. The predicted molar refractivity (Wildman–Crippen MR) is 116 cm³/mol. The van der Waals surface area contributed by atoms with Gasteiger partial charge in [-0.2, -0.15) is 4.98 Å². The molecule has 2 aromatic heterocycles. The van der Waals surface area contributed by atoms with E-state index in [0.29, 0.717) is 22.6 Å². The number of rotatable bonds is 4. The molecule has 0 saturated heterocycles. The van der Waals surface area contributed by atoms with Crippen molar-refractivity contribution in [3.8, 4) is 11.4 Å². The molecular weight excluding hydrogens is 463 g/mol. The standard InChI is InChI=1S/C17H19ClN6.CH3I/c1-9(2)14-21-17(24-23-14)22-15-10(3)11(4)19-16(20-15)12-7-5-6-8-13(12)18;1-2/h5-9H,1-4H3,(H2,19,20,21,22,23,24);1H3. The van der Waals surface area contributed by atoms with Gasteiger partial charge in [0.1, 0.15) is 11.6 Å². The summed E-state index contributed by atoms with van der Waals surface area (Å²) in [7, 11) is 0. The maximum absolute atomic E-state index is 6.27. The molecule has 0 bridgehead atoms. The zero-order chi connectivity index (χ0) is 19.3. The van der Waals surface area contributed by atoms with Crippen molar-refractivity contribution in [3.63, 3.8) is 0 Å². The summed E-state index contributed by atoms with van der Waals surface area (Å²) in [5.41, 5.74) is 2.62. The lowest BCUT2D eigenvalue weighted by molar-refractivity contribution is 0.781. The lowest BCUT2D eigenvalue weighted by Gasteiger charge is -2.11. The molecule has 6 nitrogen and oxygen atoms in total. The van der Waals surface area contributed by atoms with Crippen molar-refractivity contribution in [2.45, 2.75) is 33.6 Å². The van der Waals surface area contributed by atoms with E-state index in [9.17, 15) is 0 Å². The topological polar surface area (TPSA) is 79.4 Å². The number of anilines is 2. The number of benzene rings is 1. The molecule has 1 aromatic carbocycles. The average Bonchev–Trinajstić information content (AvgIpc) is 3.10. The lowest BCUT2D eigenvalue weighted by Crippen LogP contribution is -2.04. The summed E-state index contributed by atoms with van der Waals surface area (Å²) >= 11 is 8.42. The van der Waals surface area contributed by atoms with Gasteiger partial charge in [-0.3, -0.25) is 5.10 Å². The second kappa shape index (κ2) is 9.27. The third kappa shape index (κ3) is 4.70.